The highest BCUT2D eigenvalue weighted by atomic mass is 16.7. The normalized spacial score (nSPS) is 9.30. The Morgan fingerprint density at radius 1 is 1.40 bits per heavy atom. The number of hydrogen-bond donors (Lipinski definition) is 3. The molecule has 0 saturated heterocycles. The molecule has 0 bridgehead atoms. The minimum Gasteiger partial charge on any atom is -0.450 e. The third-order valence-electron chi connectivity index (χ3n) is 0.393. The van der Waals surface area contributed by atoms with Crippen molar-refractivity contribution in [3.63, 3.8) is 0 Å². The SMILES string of the molecule is CC(C)(C)OC(=O)O.NO. The number of carbonyl (C=O) groups is 1. The lowest BCUT2D eigenvalue weighted by atomic mass is 10.2. The van der Waals surface area contributed by atoms with E-state index in [1.807, 2.05) is 0 Å². The van der Waals surface area contributed by atoms with Gasteiger partial charge in [-0.15, -0.1) is 0 Å². The maximum atomic E-state index is 9.79. The van der Waals surface area contributed by atoms with Crippen LogP contribution >= 0.6 is 0 Å². The lowest BCUT2D eigenvalue weighted by Crippen LogP contribution is -2.22. The third-order valence-corrected chi connectivity index (χ3v) is 0.393. The molecule has 0 aliphatic carbocycles. The van der Waals surface area contributed by atoms with Crippen LogP contribution in [0.15, 0.2) is 0 Å². The van der Waals surface area contributed by atoms with Gasteiger partial charge in [0.25, 0.3) is 0 Å². The van der Waals surface area contributed by atoms with E-state index in [0.29, 0.717) is 0 Å². The number of nitrogens with two attached hydrogens (primary N) is 1. The molecule has 0 rings (SSSR count). The molecule has 0 radical (unpaired) electrons. The van der Waals surface area contributed by atoms with Crippen molar-refractivity contribution in [2.24, 2.45) is 5.90 Å². The van der Waals surface area contributed by atoms with Gasteiger partial charge in [-0.3, -0.25) is 0 Å². The maximum absolute atomic E-state index is 9.79. The molecule has 10 heavy (non-hydrogen) atoms. The van der Waals surface area contributed by atoms with Crippen LogP contribution in [0.3, 0.4) is 0 Å². The quantitative estimate of drug-likeness (QED) is 0.352. The van der Waals surface area contributed by atoms with E-state index in [1.54, 1.807) is 20.8 Å². The minimum atomic E-state index is -1.22. The summed E-state index contributed by atoms with van der Waals surface area (Å²) in [5.74, 6) is 3.50. The molecule has 0 aliphatic rings. The molecule has 5 heteroatoms. The Kier molecular flexibility index (Phi) is 5.98. The van der Waals surface area contributed by atoms with E-state index in [2.05, 4.69) is 10.6 Å². The summed E-state index contributed by atoms with van der Waals surface area (Å²) in [4.78, 5) is 9.79. The van der Waals surface area contributed by atoms with Crippen LogP contribution < -0.4 is 5.90 Å². The van der Waals surface area contributed by atoms with E-state index in [-0.39, 0.29) is 0 Å². The van der Waals surface area contributed by atoms with Crippen molar-refractivity contribution in [1.29, 1.82) is 0 Å². The molecule has 0 aromatic rings. The fraction of sp³-hybridized carbons (Fsp3) is 0.800. The molecule has 0 aliphatic heterocycles. The van der Waals surface area contributed by atoms with Gasteiger partial charge in [0.05, 0.1) is 0 Å². The lowest BCUT2D eigenvalue weighted by molar-refractivity contribution is 0.0150. The van der Waals surface area contributed by atoms with E-state index in [4.69, 9.17) is 10.3 Å². The second-order valence-corrected chi connectivity index (χ2v) is 2.48. The second kappa shape index (κ2) is 5.01. The van der Waals surface area contributed by atoms with E-state index >= 15 is 0 Å². The molecule has 0 fully saturated rings. The average molecular weight is 151 g/mol. The molecular formula is C5H13NO4. The molecule has 62 valence electrons. The smallest absolute Gasteiger partial charge is 0.450 e. The Bertz CT molecular complexity index is 96.3. The Morgan fingerprint density at radius 2 is 1.70 bits per heavy atom. The van der Waals surface area contributed by atoms with Crippen LogP contribution in [0.4, 0.5) is 4.79 Å². The van der Waals surface area contributed by atoms with Crippen LogP contribution in [0, 0.1) is 0 Å². The van der Waals surface area contributed by atoms with Gasteiger partial charge < -0.3 is 15.1 Å². The summed E-state index contributed by atoms with van der Waals surface area (Å²) in [6.45, 7) is 5.04. The van der Waals surface area contributed by atoms with Gasteiger partial charge in [-0.2, -0.15) is 0 Å². The number of ether oxygens (including phenoxy) is 1. The first kappa shape index (κ1) is 11.9. The largest absolute Gasteiger partial charge is 0.506 e. The van der Waals surface area contributed by atoms with E-state index in [0.717, 1.165) is 0 Å². The predicted octanol–water partition coefficient (Wildman–Crippen LogP) is 0.814. The summed E-state index contributed by atoms with van der Waals surface area (Å²) in [7, 11) is 0. The molecule has 5 nitrogen and oxygen atoms in total. The Labute approximate surface area is 59.4 Å². The van der Waals surface area contributed by atoms with Crippen molar-refractivity contribution in [3.8, 4) is 0 Å². The number of carboxylic acid groups (broad SMARTS) is 1. The molecule has 0 saturated carbocycles. The molecule has 0 unspecified atom stereocenters. The highest BCUT2D eigenvalue weighted by Crippen LogP contribution is 2.05. The zero-order valence-corrected chi connectivity index (χ0v) is 6.29. The Hall–Kier alpha value is -0.810. The van der Waals surface area contributed by atoms with E-state index in [9.17, 15) is 4.79 Å². The van der Waals surface area contributed by atoms with Gasteiger partial charge in [0.2, 0.25) is 0 Å². The molecule has 0 aromatic heterocycles. The second-order valence-electron chi connectivity index (χ2n) is 2.48. The first-order valence-corrected chi connectivity index (χ1v) is 2.59. The Balaban J connectivity index is 0. The standard InChI is InChI=1S/C5H10O3.H3NO/c1-5(2,3)8-4(6)7;1-2/h1-3H3,(H,6,7);2H,1H2. The van der Waals surface area contributed by atoms with Crippen molar-refractivity contribution in [3.05, 3.63) is 0 Å². The fourth-order valence-corrected chi connectivity index (χ4v) is 0.262. The van der Waals surface area contributed by atoms with E-state index < -0.39 is 11.8 Å². The van der Waals surface area contributed by atoms with Crippen molar-refractivity contribution >= 4 is 6.16 Å². The topological polar surface area (TPSA) is 92.8 Å². The van der Waals surface area contributed by atoms with Crippen LogP contribution in [0.5, 0.6) is 0 Å². The molecule has 0 aromatic carbocycles. The molecule has 4 N–H and O–H groups in total. The Morgan fingerprint density at radius 3 is 1.70 bits per heavy atom. The molecule has 0 atom stereocenters. The van der Waals surface area contributed by atoms with Gasteiger partial charge >= 0.3 is 6.16 Å². The number of hydrogen-bond acceptors (Lipinski definition) is 4. The van der Waals surface area contributed by atoms with Gasteiger partial charge in [-0.25, -0.2) is 10.7 Å². The summed E-state index contributed by atoms with van der Waals surface area (Å²) in [6.07, 6.45) is -1.22. The van der Waals surface area contributed by atoms with Crippen molar-refractivity contribution in [2.45, 2.75) is 26.4 Å². The summed E-state index contributed by atoms with van der Waals surface area (Å²) in [5, 5.41) is 14.5. The summed E-state index contributed by atoms with van der Waals surface area (Å²) < 4.78 is 4.35. The maximum Gasteiger partial charge on any atom is 0.506 e. The molecule has 0 spiro atoms. The van der Waals surface area contributed by atoms with Gasteiger partial charge in [-0.1, -0.05) is 0 Å². The van der Waals surface area contributed by atoms with Crippen molar-refractivity contribution in [2.75, 3.05) is 0 Å². The minimum absolute atomic E-state index is 0.578. The summed E-state index contributed by atoms with van der Waals surface area (Å²) in [6, 6.07) is 0. The van der Waals surface area contributed by atoms with Crippen LogP contribution in [-0.4, -0.2) is 22.1 Å². The lowest BCUT2D eigenvalue weighted by Gasteiger charge is -2.15. The van der Waals surface area contributed by atoms with Crippen LogP contribution in [-0.2, 0) is 4.74 Å². The third kappa shape index (κ3) is 15.7. The fourth-order valence-electron chi connectivity index (χ4n) is 0.262. The highest BCUT2D eigenvalue weighted by molar-refractivity contribution is 5.57. The van der Waals surface area contributed by atoms with Gasteiger partial charge in [0.1, 0.15) is 5.60 Å². The number of rotatable bonds is 0. The predicted molar refractivity (Wildman–Crippen MR) is 34.8 cm³/mol. The van der Waals surface area contributed by atoms with Crippen molar-refractivity contribution in [1.82, 2.24) is 0 Å². The average Bonchev–Trinajstić information content (AvgIpc) is 1.64. The van der Waals surface area contributed by atoms with Crippen LogP contribution in [0.25, 0.3) is 0 Å². The zero-order valence-electron chi connectivity index (χ0n) is 6.29. The molecule has 0 heterocycles. The van der Waals surface area contributed by atoms with Gasteiger partial charge in [-0.05, 0) is 20.8 Å². The summed E-state index contributed by atoms with van der Waals surface area (Å²) >= 11 is 0. The highest BCUT2D eigenvalue weighted by Gasteiger charge is 2.13. The molecule has 0 amide bonds. The zero-order chi connectivity index (χ0) is 8.78. The van der Waals surface area contributed by atoms with E-state index in [1.165, 1.54) is 0 Å². The summed E-state index contributed by atoms with van der Waals surface area (Å²) in [5.41, 5.74) is -0.578. The first-order chi connectivity index (χ1) is 4.42. The van der Waals surface area contributed by atoms with Crippen LogP contribution in [0.1, 0.15) is 20.8 Å². The van der Waals surface area contributed by atoms with Crippen molar-refractivity contribution < 1.29 is 19.8 Å². The monoisotopic (exact) mass is 151 g/mol. The van der Waals surface area contributed by atoms with Gasteiger partial charge in [0.15, 0.2) is 0 Å². The first-order valence-electron chi connectivity index (χ1n) is 2.59. The van der Waals surface area contributed by atoms with Gasteiger partial charge in [0, 0.05) is 0 Å². The molecular weight excluding hydrogens is 138 g/mol. The van der Waals surface area contributed by atoms with Crippen LogP contribution in [0.2, 0.25) is 0 Å².